The van der Waals surface area contributed by atoms with Gasteiger partial charge >= 0.3 is 12.0 Å². The highest BCUT2D eigenvalue weighted by Gasteiger charge is 2.40. The zero-order valence-electron chi connectivity index (χ0n) is 16.7. The van der Waals surface area contributed by atoms with Crippen LogP contribution in [-0.2, 0) is 9.53 Å². The Kier molecular flexibility index (Phi) is 6.60. The minimum atomic E-state index is -0.667. The average molecular weight is 386 g/mol. The number of hydrogen-bond acceptors (Lipinski definition) is 4. The first-order chi connectivity index (χ1) is 13.5. The number of hydrogen-bond donors (Lipinski definition) is 2. The molecule has 2 N–H and O–H groups in total. The van der Waals surface area contributed by atoms with Gasteiger partial charge in [0.25, 0.3) is 0 Å². The van der Waals surface area contributed by atoms with E-state index in [4.69, 9.17) is 9.47 Å². The van der Waals surface area contributed by atoms with Gasteiger partial charge in [-0.05, 0) is 55.7 Å². The van der Waals surface area contributed by atoms with Crippen molar-refractivity contribution in [2.75, 3.05) is 6.61 Å². The molecule has 3 rings (SSSR count). The number of rotatable bonds is 6. The lowest BCUT2D eigenvalue weighted by atomic mass is 9.87. The number of carbonyl (C=O) groups excluding carboxylic acids is 2. The standard InChI is InChI=1S/C22H30N2O4/c1-4-13-27-17-11-7-16(8-12-17)20-19(15(3)23-22(26)24-20)21(25)28-18-9-5-14(2)6-10-18/h7-8,11-12,14,18-20H,3-6,9-10,13H2,1-2H3,(H2,23,24,26)/t14?,18?,19-,20+/m0/s1. The molecule has 1 aliphatic carbocycles. The van der Waals surface area contributed by atoms with Crippen LogP contribution in [0.3, 0.4) is 0 Å². The van der Waals surface area contributed by atoms with Gasteiger partial charge in [0, 0.05) is 5.70 Å². The third-order valence-electron chi connectivity index (χ3n) is 5.48. The highest BCUT2D eigenvalue weighted by atomic mass is 16.5. The van der Waals surface area contributed by atoms with E-state index in [1.165, 1.54) is 0 Å². The van der Waals surface area contributed by atoms with Crippen LogP contribution in [0.2, 0.25) is 0 Å². The van der Waals surface area contributed by atoms with E-state index in [1.54, 1.807) is 0 Å². The molecule has 28 heavy (non-hydrogen) atoms. The Morgan fingerprint density at radius 1 is 1.18 bits per heavy atom. The minimum Gasteiger partial charge on any atom is -0.494 e. The Morgan fingerprint density at radius 2 is 1.86 bits per heavy atom. The Morgan fingerprint density at radius 3 is 2.50 bits per heavy atom. The summed E-state index contributed by atoms with van der Waals surface area (Å²) in [6.45, 7) is 8.83. The Bertz CT molecular complexity index is 708. The molecule has 1 heterocycles. The summed E-state index contributed by atoms with van der Waals surface area (Å²) >= 11 is 0. The third kappa shape index (κ3) is 4.86. The summed E-state index contributed by atoms with van der Waals surface area (Å²) in [6, 6.07) is 6.57. The van der Waals surface area contributed by atoms with Crippen LogP contribution in [0.1, 0.15) is 57.6 Å². The largest absolute Gasteiger partial charge is 0.494 e. The number of ether oxygens (including phenoxy) is 2. The molecule has 0 spiro atoms. The van der Waals surface area contributed by atoms with Gasteiger partial charge in [0.2, 0.25) is 0 Å². The highest BCUT2D eigenvalue weighted by Crippen LogP contribution is 2.33. The van der Waals surface area contributed by atoms with E-state index in [9.17, 15) is 9.59 Å². The molecule has 0 aromatic heterocycles. The van der Waals surface area contributed by atoms with Gasteiger partial charge in [-0.2, -0.15) is 0 Å². The molecule has 2 aliphatic rings. The van der Waals surface area contributed by atoms with Gasteiger partial charge in [0.05, 0.1) is 12.6 Å². The van der Waals surface area contributed by atoms with Crippen molar-refractivity contribution >= 4 is 12.0 Å². The van der Waals surface area contributed by atoms with E-state index in [1.807, 2.05) is 31.2 Å². The van der Waals surface area contributed by atoms with Crippen LogP contribution in [0.15, 0.2) is 36.5 Å². The molecular weight excluding hydrogens is 356 g/mol. The minimum absolute atomic E-state index is 0.0559. The van der Waals surface area contributed by atoms with Crippen LogP contribution in [0.25, 0.3) is 0 Å². The second-order valence-corrected chi connectivity index (χ2v) is 7.82. The van der Waals surface area contributed by atoms with Crippen molar-refractivity contribution in [3.05, 3.63) is 42.1 Å². The van der Waals surface area contributed by atoms with Crippen molar-refractivity contribution in [3.63, 3.8) is 0 Å². The fraction of sp³-hybridized carbons (Fsp3) is 0.545. The summed E-state index contributed by atoms with van der Waals surface area (Å²) in [6.07, 6.45) is 4.79. The second-order valence-electron chi connectivity index (χ2n) is 7.82. The predicted octanol–water partition coefficient (Wildman–Crippen LogP) is 4.08. The van der Waals surface area contributed by atoms with Crippen LogP contribution in [0, 0.1) is 11.8 Å². The monoisotopic (exact) mass is 386 g/mol. The summed E-state index contributed by atoms with van der Waals surface area (Å²) in [5.41, 5.74) is 1.19. The van der Waals surface area contributed by atoms with Crippen LogP contribution < -0.4 is 15.4 Å². The van der Waals surface area contributed by atoms with Gasteiger partial charge in [0.15, 0.2) is 0 Å². The maximum Gasteiger partial charge on any atom is 0.319 e. The fourth-order valence-corrected chi connectivity index (χ4v) is 3.82. The summed E-state index contributed by atoms with van der Waals surface area (Å²) in [5.74, 6) is 0.440. The molecule has 2 atom stereocenters. The summed E-state index contributed by atoms with van der Waals surface area (Å²) in [4.78, 5) is 25.0. The molecule has 6 heteroatoms. The zero-order valence-corrected chi connectivity index (χ0v) is 16.7. The molecule has 2 fully saturated rings. The van der Waals surface area contributed by atoms with Gasteiger partial charge in [0.1, 0.15) is 17.8 Å². The SMILES string of the molecule is C=C1NC(=O)N[C@H](c2ccc(OCCC)cc2)[C@H]1C(=O)OC1CCC(C)CC1. The topological polar surface area (TPSA) is 76.7 Å². The van der Waals surface area contributed by atoms with Crippen LogP contribution in [0.4, 0.5) is 4.79 Å². The Labute approximate surface area is 166 Å². The lowest BCUT2D eigenvalue weighted by molar-refractivity contribution is -0.155. The van der Waals surface area contributed by atoms with E-state index < -0.39 is 12.0 Å². The Hall–Kier alpha value is -2.50. The maximum absolute atomic E-state index is 13.0. The molecule has 1 saturated carbocycles. The highest BCUT2D eigenvalue weighted by molar-refractivity contribution is 5.85. The lowest BCUT2D eigenvalue weighted by Crippen LogP contribution is -2.51. The van der Waals surface area contributed by atoms with Crippen molar-refractivity contribution < 1.29 is 19.1 Å². The molecule has 0 radical (unpaired) electrons. The molecule has 2 amide bonds. The first-order valence-corrected chi connectivity index (χ1v) is 10.2. The van der Waals surface area contributed by atoms with Gasteiger partial charge < -0.3 is 20.1 Å². The molecule has 152 valence electrons. The van der Waals surface area contributed by atoms with Crippen molar-refractivity contribution in [2.45, 2.75) is 58.1 Å². The molecule has 1 aromatic carbocycles. The summed E-state index contributed by atoms with van der Waals surface area (Å²) < 4.78 is 11.4. The summed E-state index contributed by atoms with van der Waals surface area (Å²) in [7, 11) is 0. The van der Waals surface area contributed by atoms with E-state index in [0.29, 0.717) is 18.2 Å². The van der Waals surface area contributed by atoms with Gasteiger partial charge in [-0.15, -0.1) is 0 Å². The molecule has 1 aromatic rings. The van der Waals surface area contributed by atoms with E-state index in [2.05, 4.69) is 24.1 Å². The smallest absolute Gasteiger partial charge is 0.319 e. The molecule has 1 aliphatic heterocycles. The lowest BCUT2D eigenvalue weighted by Gasteiger charge is -2.35. The van der Waals surface area contributed by atoms with Crippen LogP contribution in [-0.4, -0.2) is 24.7 Å². The molecule has 0 unspecified atom stereocenters. The second kappa shape index (κ2) is 9.13. The van der Waals surface area contributed by atoms with E-state index in [0.717, 1.165) is 43.4 Å². The van der Waals surface area contributed by atoms with Crippen molar-refractivity contribution in [1.82, 2.24) is 10.6 Å². The van der Waals surface area contributed by atoms with Gasteiger partial charge in [-0.25, -0.2) is 4.79 Å². The normalized spacial score (nSPS) is 27.5. The van der Waals surface area contributed by atoms with Gasteiger partial charge in [-0.3, -0.25) is 4.79 Å². The number of esters is 1. The number of nitrogens with one attached hydrogen (secondary N) is 2. The van der Waals surface area contributed by atoms with E-state index in [-0.39, 0.29) is 18.1 Å². The third-order valence-corrected chi connectivity index (χ3v) is 5.48. The quantitative estimate of drug-likeness (QED) is 0.722. The van der Waals surface area contributed by atoms with Crippen LogP contribution >= 0.6 is 0 Å². The zero-order chi connectivity index (χ0) is 20.1. The van der Waals surface area contributed by atoms with Gasteiger partial charge in [-0.1, -0.05) is 32.6 Å². The number of urea groups is 1. The molecule has 1 saturated heterocycles. The molecular formula is C22H30N2O4. The molecule has 0 bridgehead atoms. The fourth-order valence-electron chi connectivity index (χ4n) is 3.82. The molecule has 6 nitrogen and oxygen atoms in total. The van der Waals surface area contributed by atoms with E-state index >= 15 is 0 Å². The number of benzene rings is 1. The van der Waals surface area contributed by atoms with Crippen LogP contribution in [0.5, 0.6) is 5.75 Å². The maximum atomic E-state index is 13.0. The van der Waals surface area contributed by atoms with Crippen molar-refractivity contribution in [3.8, 4) is 5.75 Å². The summed E-state index contributed by atoms with van der Waals surface area (Å²) in [5, 5.41) is 5.47. The predicted molar refractivity (Wildman–Crippen MR) is 107 cm³/mol. The number of amides is 2. The van der Waals surface area contributed by atoms with Crippen molar-refractivity contribution in [2.24, 2.45) is 11.8 Å². The van der Waals surface area contributed by atoms with Crippen molar-refractivity contribution in [1.29, 1.82) is 0 Å². The first kappa shape index (κ1) is 20.2. The average Bonchev–Trinajstić information content (AvgIpc) is 2.68. The first-order valence-electron chi connectivity index (χ1n) is 10.2. The number of carbonyl (C=O) groups is 2. The Balaban J connectivity index is 1.73.